The van der Waals surface area contributed by atoms with Crippen molar-refractivity contribution in [1.82, 2.24) is 9.80 Å². The van der Waals surface area contributed by atoms with Crippen LogP contribution >= 0.6 is 34.7 Å². The number of likely N-dealkylation sites (tertiary alicyclic amines) is 1. The number of hydrogen-bond acceptors (Lipinski definition) is 4. The van der Waals surface area contributed by atoms with Crippen LogP contribution in [0, 0.1) is 0 Å². The number of thiophene rings is 1. The fourth-order valence-corrected chi connectivity index (χ4v) is 5.89. The molecule has 1 N–H and O–H groups in total. The zero-order chi connectivity index (χ0) is 18.9. The van der Waals surface area contributed by atoms with Gasteiger partial charge in [0.15, 0.2) is 0 Å². The molecule has 27 heavy (non-hydrogen) atoms. The zero-order valence-electron chi connectivity index (χ0n) is 14.7. The molecule has 4 rings (SSSR count). The van der Waals surface area contributed by atoms with Crippen LogP contribution in [0.1, 0.15) is 22.5 Å². The van der Waals surface area contributed by atoms with Crippen LogP contribution in [0.3, 0.4) is 0 Å². The smallest absolute Gasteiger partial charge is 0.321 e. The molecule has 142 valence electrons. The van der Waals surface area contributed by atoms with Crippen molar-refractivity contribution in [3.05, 3.63) is 51.7 Å². The number of rotatable bonds is 2. The van der Waals surface area contributed by atoms with E-state index in [1.165, 1.54) is 11.3 Å². The first-order valence-electron chi connectivity index (χ1n) is 8.88. The molecule has 0 unspecified atom stereocenters. The molecule has 1 aromatic heterocycles. The van der Waals surface area contributed by atoms with Crippen LogP contribution in [0.25, 0.3) is 0 Å². The van der Waals surface area contributed by atoms with Gasteiger partial charge in [-0.1, -0.05) is 17.7 Å². The van der Waals surface area contributed by atoms with Crippen molar-refractivity contribution in [3.8, 4) is 0 Å². The van der Waals surface area contributed by atoms with E-state index >= 15 is 0 Å². The lowest BCUT2D eigenvalue weighted by molar-refractivity contribution is 0.0590. The van der Waals surface area contributed by atoms with E-state index in [2.05, 4.69) is 5.32 Å². The predicted octanol–water partition coefficient (Wildman–Crippen LogP) is 4.61. The van der Waals surface area contributed by atoms with Gasteiger partial charge in [-0.05, 0) is 48.6 Å². The minimum absolute atomic E-state index is 0.105. The molecule has 2 aromatic rings. The summed E-state index contributed by atoms with van der Waals surface area (Å²) in [6.45, 7) is 2.06. The van der Waals surface area contributed by atoms with E-state index in [1.807, 2.05) is 39.1 Å². The number of nitrogens with zero attached hydrogens (tertiary/aromatic N) is 2. The van der Waals surface area contributed by atoms with Crippen molar-refractivity contribution in [3.63, 3.8) is 0 Å². The van der Waals surface area contributed by atoms with E-state index in [9.17, 15) is 9.59 Å². The van der Waals surface area contributed by atoms with Crippen molar-refractivity contribution in [1.29, 1.82) is 0 Å². The molecule has 1 spiro atoms. The third-order valence-corrected chi connectivity index (χ3v) is 7.74. The molecule has 0 aliphatic carbocycles. The number of anilines is 1. The normalized spacial score (nSPS) is 18.7. The zero-order valence-corrected chi connectivity index (χ0v) is 17.1. The summed E-state index contributed by atoms with van der Waals surface area (Å²) in [5, 5.41) is 5.49. The number of urea groups is 1. The molecule has 0 saturated carbocycles. The second-order valence-corrected chi connectivity index (χ2v) is 9.49. The second-order valence-electron chi connectivity index (χ2n) is 6.65. The Hall–Kier alpha value is -1.70. The van der Waals surface area contributed by atoms with Crippen LogP contribution in [0.2, 0.25) is 5.02 Å². The van der Waals surface area contributed by atoms with Crippen molar-refractivity contribution >= 4 is 52.3 Å². The fraction of sp³-hybridized carbons (Fsp3) is 0.368. The van der Waals surface area contributed by atoms with Crippen molar-refractivity contribution in [2.24, 2.45) is 0 Å². The lowest BCUT2D eigenvalue weighted by Gasteiger charge is -2.43. The lowest BCUT2D eigenvalue weighted by atomic mass is 10.0. The summed E-state index contributed by atoms with van der Waals surface area (Å²) in [7, 11) is 0. The van der Waals surface area contributed by atoms with E-state index < -0.39 is 0 Å². The molecule has 3 amide bonds. The Labute approximate surface area is 171 Å². The minimum atomic E-state index is -0.182. The number of amides is 3. The highest BCUT2D eigenvalue weighted by atomic mass is 35.5. The summed E-state index contributed by atoms with van der Waals surface area (Å²) in [6.07, 6.45) is 1.59. The SMILES string of the molecule is O=C(Nc1ccc(Cl)cc1)N1CCC2(CC1)SCCN2C(=O)c1cccs1. The number of thioether (sulfide) groups is 1. The average molecular weight is 422 g/mol. The number of piperidine rings is 1. The number of nitrogens with one attached hydrogen (secondary N) is 1. The molecular weight excluding hydrogens is 402 g/mol. The van der Waals surface area contributed by atoms with Crippen LogP contribution in [0.4, 0.5) is 10.5 Å². The Morgan fingerprint density at radius 2 is 1.81 bits per heavy atom. The number of carbonyl (C=O) groups excluding carboxylic acids is 2. The van der Waals surface area contributed by atoms with Crippen molar-refractivity contribution < 1.29 is 9.59 Å². The first-order valence-corrected chi connectivity index (χ1v) is 11.1. The highest BCUT2D eigenvalue weighted by Gasteiger charge is 2.47. The molecule has 0 atom stereocenters. The van der Waals surface area contributed by atoms with E-state index in [0.717, 1.165) is 35.7 Å². The monoisotopic (exact) mass is 421 g/mol. The lowest BCUT2D eigenvalue weighted by Crippen LogP contribution is -2.54. The summed E-state index contributed by atoms with van der Waals surface area (Å²) in [4.78, 5) is 29.9. The number of hydrogen-bond donors (Lipinski definition) is 1. The van der Waals surface area contributed by atoms with Crippen LogP contribution in [0.5, 0.6) is 0 Å². The molecule has 2 fully saturated rings. The highest BCUT2D eigenvalue weighted by molar-refractivity contribution is 8.00. The molecule has 1 aromatic carbocycles. The van der Waals surface area contributed by atoms with Gasteiger partial charge in [-0.2, -0.15) is 0 Å². The Kier molecular flexibility index (Phi) is 5.34. The molecule has 3 heterocycles. The van der Waals surface area contributed by atoms with Gasteiger partial charge in [-0.15, -0.1) is 23.1 Å². The summed E-state index contributed by atoms with van der Waals surface area (Å²) in [6, 6.07) is 10.8. The largest absolute Gasteiger partial charge is 0.324 e. The number of halogens is 1. The van der Waals surface area contributed by atoms with Gasteiger partial charge in [-0.3, -0.25) is 4.79 Å². The van der Waals surface area contributed by atoms with E-state index in [0.29, 0.717) is 18.1 Å². The number of carbonyl (C=O) groups is 2. The van der Waals surface area contributed by atoms with Crippen LogP contribution in [-0.4, -0.2) is 52.0 Å². The van der Waals surface area contributed by atoms with Crippen LogP contribution < -0.4 is 5.32 Å². The molecule has 0 radical (unpaired) electrons. The maximum atomic E-state index is 12.9. The van der Waals surface area contributed by atoms with Gasteiger partial charge >= 0.3 is 6.03 Å². The van der Waals surface area contributed by atoms with Gasteiger partial charge in [0.2, 0.25) is 0 Å². The fourth-order valence-electron chi connectivity index (χ4n) is 3.64. The van der Waals surface area contributed by atoms with Crippen molar-refractivity contribution in [2.75, 3.05) is 30.7 Å². The molecule has 2 saturated heterocycles. The number of benzene rings is 1. The van der Waals surface area contributed by atoms with Gasteiger partial charge in [0.25, 0.3) is 5.91 Å². The van der Waals surface area contributed by atoms with Gasteiger partial charge < -0.3 is 15.1 Å². The standard InChI is InChI=1S/C19H20ClN3O2S2/c20-14-3-5-15(6-4-14)21-18(25)22-9-7-19(8-10-22)23(11-13-27-19)17(24)16-2-1-12-26-16/h1-6,12H,7-11,13H2,(H,21,25). The first kappa shape index (κ1) is 18.7. The average Bonchev–Trinajstić information content (AvgIpc) is 3.34. The summed E-state index contributed by atoms with van der Waals surface area (Å²) in [5.74, 6) is 1.07. The van der Waals surface area contributed by atoms with Crippen LogP contribution in [-0.2, 0) is 0 Å². The van der Waals surface area contributed by atoms with E-state index in [4.69, 9.17) is 11.6 Å². The van der Waals surface area contributed by atoms with E-state index in [1.54, 1.807) is 24.3 Å². The third kappa shape index (κ3) is 3.81. The minimum Gasteiger partial charge on any atom is -0.324 e. The summed E-state index contributed by atoms with van der Waals surface area (Å²) >= 11 is 9.23. The highest BCUT2D eigenvalue weighted by Crippen LogP contribution is 2.44. The molecule has 8 heteroatoms. The third-order valence-electron chi connectivity index (χ3n) is 5.08. The molecule has 2 aliphatic heterocycles. The summed E-state index contributed by atoms with van der Waals surface area (Å²) in [5.41, 5.74) is 0.731. The van der Waals surface area contributed by atoms with Gasteiger partial charge in [0, 0.05) is 36.1 Å². The molecule has 5 nitrogen and oxygen atoms in total. The Balaban J connectivity index is 1.39. The maximum Gasteiger partial charge on any atom is 0.321 e. The van der Waals surface area contributed by atoms with E-state index in [-0.39, 0.29) is 16.8 Å². The van der Waals surface area contributed by atoms with Gasteiger partial charge in [0.05, 0.1) is 9.75 Å². The molecule has 2 aliphatic rings. The second kappa shape index (κ2) is 7.73. The molecule has 0 bridgehead atoms. The first-order chi connectivity index (χ1) is 13.1. The Morgan fingerprint density at radius 1 is 1.07 bits per heavy atom. The van der Waals surface area contributed by atoms with Gasteiger partial charge in [-0.25, -0.2) is 4.79 Å². The van der Waals surface area contributed by atoms with Gasteiger partial charge in [0.1, 0.15) is 0 Å². The maximum absolute atomic E-state index is 12.9. The predicted molar refractivity (Wildman–Crippen MR) is 112 cm³/mol. The Morgan fingerprint density at radius 3 is 2.48 bits per heavy atom. The topological polar surface area (TPSA) is 52.7 Å². The summed E-state index contributed by atoms with van der Waals surface area (Å²) < 4.78 is 0. The van der Waals surface area contributed by atoms with Crippen molar-refractivity contribution in [2.45, 2.75) is 17.7 Å². The van der Waals surface area contributed by atoms with Crippen LogP contribution in [0.15, 0.2) is 41.8 Å². The quantitative estimate of drug-likeness (QED) is 0.770. The Bertz CT molecular complexity index is 818. The molecular formula is C19H20ClN3O2S2.